The topological polar surface area (TPSA) is 71.4 Å². The Morgan fingerprint density at radius 3 is 1.62 bits per heavy atom. The molecule has 0 saturated carbocycles. The second kappa shape index (κ2) is 11.4. The van der Waals surface area contributed by atoms with Gasteiger partial charge in [-0.15, -0.1) is 0 Å². The minimum atomic E-state index is 0.639. The van der Waals surface area contributed by atoms with Gasteiger partial charge in [-0.1, -0.05) is 78.9 Å². The van der Waals surface area contributed by atoms with E-state index in [0.29, 0.717) is 16.7 Å². The lowest BCUT2D eigenvalue weighted by Crippen LogP contribution is -2.29. The molecule has 0 N–H and O–H groups in total. The fourth-order valence-corrected chi connectivity index (χ4v) is 8.51. The molecule has 0 amide bonds. The average molecular weight is 658 g/mol. The van der Waals surface area contributed by atoms with Gasteiger partial charge in [0.15, 0.2) is 0 Å². The van der Waals surface area contributed by atoms with Gasteiger partial charge < -0.3 is 0 Å². The number of hydrogen-bond acceptors (Lipinski definition) is 3. The van der Waals surface area contributed by atoms with Crippen LogP contribution in [0.3, 0.4) is 0 Å². The summed E-state index contributed by atoms with van der Waals surface area (Å²) < 4.78 is 0. The Balaban J connectivity index is 1.31. The Hall–Kier alpha value is -7.25. The molecule has 0 bridgehead atoms. The van der Waals surface area contributed by atoms with Gasteiger partial charge in [-0.25, -0.2) is 0 Å². The molecule has 10 rings (SSSR count). The van der Waals surface area contributed by atoms with Gasteiger partial charge in [-0.3, -0.25) is 0 Å². The van der Waals surface area contributed by atoms with Crippen LogP contribution in [0.25, 0.3) is 100 Å². The Labute approximate surface area is 300 Å². The average Bonchev–Trinajstić information content (AvgIpc) is 3.53. The van der Waals surface area contributed by atoms with Gasteiger partial charge in [0.05, 0.1) is 34.9 Å². The molecule has 0 spiro atoms. The summed E-state index contributed by atoms with van der Waals surface area (Å²) >= 11 is 0. The highest BCUT2D eigenvalue weighted by Gasteiger charge is 2.25. The molecule has 3 nitrogen and oxygen atoms in total. The largest absolute Gasteiger partial charge is 0.192 e. The van der Waals surface area contributed by atoms with Crippen LogP contribution in [-0.4, -0.2) is 0 Å². The summed E-state index contributed by atoms with van der Waals surface area (Å²) in [5, 5.41) is 38.3. The summed E-state index contributed by atoms with van der Waals surface area (Å²) in [6.45, 7) is 0. The summed E-state index contributed by atoms with van der Waals surface area (Å²) in [6, 6.07) is 51.1. The van der Waals surface area contributed by atoms with Crippen molar-refractivity contribution in [2.75, 3.05) is 0 Å². The SMILES string of the molecule is N#Cc1ccc(-c2cc3c(cc(-c4ccc(C#N)cc4)c4cc5c(cc43)-c3ccc(-c4cccc(C#N)c4)c4cccc-5c34)c3c2=CCCC=3)cc1. The van der Waals surface area contributed by atoms with Crippen molar-refractivity contribution in [2.24, 2.45) is 0 Å². The lowest BCUT2D eigenvalue weighted by molar-refractivity contribution is 1.12. The number of rotatable bonds is 3. The Bertz CT molecular complexity index is 3130. The van der Waals surface area contributed by atoms with Gasteiger partial charge in [-0.2, -0.15) is 15.8 Å². The fraction of sp³-hybridized carbons (Fsp3) is 0.0408. The molecule has 0 saturated heterocycles. The maximum Gasteiger partial charge on any atom is 0.0991 e. The van der Waals surface area contributed by atoms with Crippen molar-refractivity contribution in [3.05, 3.63) is 155 Å². The van der Waals surface area contributed by atoms with Crippen LogP contribution < -0.4 is 10.4 Å². The lowest BCUT2D eigenvalue weighted by atomic mass is 9.86. The van der Waals surface area contributed by atoms with Crippen molar-refractivity contribution in [1.82, 2.24) is 0 Å². The molecule has 2 aliphatic carbocycles. The van der Waals surface area contributed by atoms with E-state index in [1.54, 1.807) is 0 Å². The lowest BCUT2D eigenvalue weighted by Gasteiger charge is -2.17. The molecular formula is C49H27N3. The first-order valence-corrected chi connectivity index (χ1v) is 17.5. The highest BCUT2D eigenvalue weighted by atomic mass is 14.3. The number of benzene rings is 8. The van der Waals surface area contributed by atoms with E-state index in [0.717, 1.165) is 46.0 Å². The van der Waals surface area contributed by atoms with E-state index >= 15 is 0 Å². The zero-order valence-corrected chi connectivity index (χ0v) is 28.0. The molecule has 3 heteroatoms. The van der Waals surface area contributed by atoms with Crippen LogP contribution in [0.15, 0.2) is 127 Å². The molecule has 2 aliphatic rings. The minimum Gasteiger partial charge on any atom is -0.192 e. The van der Waals surface area contributed by atoms with Crippen LogP contribution in [0.2, 0.25) is 0 Å². The molecule has 8 aromatic rings. The molecule has 8 aromatic carbocycles. The van der Waals surface area contributed by atoms with E-state index in [9.17, 15) is 15.8 Å². The van der Waals surface area contributed by atoms with E-state index in [1.807, 2.05) is 42.5 Å². The van der Waals surface area contributed by atoms with Crippen molar-refractivity contribution in [1.29, 1.82) is 15.8 Å². The molecule has 0 unspecified atom stereocenters. The first-order valence-electron chi connectivity index (χ1n) is 17.5. The van der Waals surface area contributed by atoms with Crippen molar-refractivity contribution in [3.63, 3.8) is 0 Å². The summed E-state index contributed by atoms with van der Waals surface area (Å²) in [4.78, 5) is 0. The van der Waals surface area contributed by atoms with Gasteiger partial charge in [0.2, 0.25) is 0 Å². The van der Waals surface area contributed by atoms with Crippen LogP contribution in [-0.2, 0) is 0 Å². The molecule has 238 valence electrons. The van der Waals surface area contributed by atoms with Crippen molar-refractivity contribution in [2.45, 2.75) is 12.8 Å². The molecule has 0 atom stereocenters. The van der Waals surface area contributed by atoms with E-state index in [4.69, 9.17) is 0 Å². The highest BCUT2D eigenvalue weighted by Crippen LogP contribution is 2.52. The smallest absolute Gasteiger partial charge is 0.0991 e. The normalized spacial score (nSPS) is 12.3. The minimum absolute atomic E-state index is 0.639. The summed E-state index contributed by atoms with van der Waals surface area (Å²) in [5.74, 6) is 0. The standard InChI is InChI=1S/C49H27N3/c50-26-29-11-15-32(16-12-29)41-22-47-43(37-8-2-1-7-36(37)41)23-42(33-17-13-30(27-51)14-18-33)46-24-44-39-10-4-9-38-35(34-6-3-5-31(21-34)28-52)19-20-40(49(38)39)45(44)25-48(46)47/h3-25H,1-2H2. The Morgan fingerprint density at radius 1 is 0.346 bits per heavy atom. The van der Waals surface area contributed by atoms with Gasteiger partial charge in [-0.05, 0) is 172 Å². The monoisotopic (exact) mass is 657 g/mol. The van der Waals surface area contributed by atoms with Gasteiger partial charge >= 0.3 is 0 Å². The Kier molecular flexibility index (Phi) is 6.50. The van der Waals surface area contributed by atoms with Crippen molar-refractivity contribution < 1.29 is 0 Å². The first-order chi connectivity index (χ1) is 25.6. The zero-order chi connectivity index (χ0) is 34.9. The fourth-order valence-electron chi connectivity index (χ4n) is 8.51. The number of nitriles is 3. The van der Waals surface area contributed by atoms with Gasteiger partial charge in [0.1, 0.15) is 0 Å². The summed E-state index contributed by atoms with van der Waals surface area (Å²) in [5.41, 5.74) is 13.4. The predicted octanol–water partition coefficient (Wildman–Crippen LogP) is 10.8. The Morgan fingerprint density at radius 2 is 0.904 bits per heavy atom. The molecule has 0 radical (unpaired) electrons. The predicted molar refractivity (Wildman–Crippen MR) is 211 cm³/mol. The van der Waals surface area contributed by atoms with E-state index in [2.05, 4.69) is 115 Å². The third-order valence-electron chi connectivity index (χ3n) is 10.9. The maximum atomic E-state index is 9.63. The number of nitrogens with zero attached hydrogens (tertiary/aromatic N) is 3. The molecule has 0 aliphatic heterocycles. The molecule has 0 fully saturated rings. The zero-order valence-electron chi connectivity index (χ0n) is 28.0. The second-order valence-electron chi connectivity index (χ2n) is 13.7. The summed E-state index contributed by atoms with van der Waals surface area (Å²) in [7, 11) is 0. The van der Waals surface area contributed by atoms with E-state index in [1.165, 1.54) is 65.2 Å². The quantitative estimate of drug-likeness (QED) is 0.178. The molecule has 0 aromatic heterocycles. The second-order valence-corrected chi connectivity index (χ2v) is 13.7. The third kappa shape index (κ3) is 4.36. The van der Waals surface area contributed by atoms with Crippen LogP contribution in [0.5, 0.6) is 0 Å². The molecular weight excluding hydrogens is 631 g/mol. The van der Waals surface area contributed by atoms with Crippen LogP contribution in [0, 0.1) is 34.0 Å². The van der Waals surface area contributed by atoms with Crippen molar-refractivity contribution in [3.8, 4) is 73.8 Å². The van der Waals surface area contributed by atoms with E-state index < -0.39 is 0 Å². The molecule has 52 heavy (non-hydrogen) atoms. The molecule has 0 heterocycles. The highest BCUT2D eigenvalue weighted by molar-refractivity contribution is 6.24. The van der Waals surface area contributed by atoms with E-state index in [-0.39, 0.29) is 0 Å². The van der Waals surface area contributed by atoms with Crippen LogP contribution in [0.1, 0.15) is 29.5 Å². The third-order valence-corrected chi connectivity index (χ3v) is 10.9. The summed E-state index contributed by atoms with van der Waals surface area (Å²) in [6.07, 6.45) is 6.70. The van der Waals surface area contributed by atoms with Crippen LogP contribution in [0.4, 0.5) is 0 Å². The van der Waals surface area contributed by atoms with Crippen molar-refractivity contribution >= 4 is 44.5 Å². The number of fused-ring (bicyclic) bond motifs is 8. The maximum absolute atomic E-state index is 9.63. The number of hydrogen-bond donors (Lipinski definition) is 0. The van der Waals surface area contributed by atoms with Gasteiger partial charge in [0.25, 0.3) is 0 Å². The first kappa shape index (κ1) is 29.6. The van der Waals surface area contributed by atoms with Gasteiger partial charge in [0, 0.05) is 0 Å². The van der Waals surface area contributed by atoms with Crippen LogP contribution >= 0.6 is 0 Å².